The second-order valence-corrected chi connectivity index (χ2v) is 8.57. The van der Waals surface area contributed by atoms with Crippen LogP contribution in [0.5, 0.6) is 0 Å². The molecule has 3 aromatic rings. The van der Waals surface area contributed by atoms with E-state index >= 15 is 0 Å². The summed E-state index contributed by atoms with van der Waals surface area (Å²) in [5.74, 6) is 1.35. The van der Waals surface area contributed by atoms with Crippen LogP contribution >= 0.6 is 11.8 Å². The first kappa shape index (κ1) is 20.6. The molecule has 158 valence electrons. The summed E-state index contributed by atoms with van der Waals surface area (Å²) in [6.45, 7) is 9.92. The Labute approximate surface area is 180 Å². The van der Waals surface area contributed by atoms with Crippen LogP contribution in [0.25, 0.3) is 5.69 Å². The van der Waals surface area contributed by atoms with Crippen molar-refractivity contribution in [3.8, 4) is 5.69 Å². The van der Waals surface area contributed by atoms with E-state index in [-0.39, 0.29) is 5.91 Å². The van der Waals surface area contributed by atoms with E-state index in [0.717, 1.165) is 55.0 Å². The van der Waals surface area contributed by atoms with E-state index in [9.17, 15) is 4.79 Å². The number of aryl methyl sites for hydroxylation is 3. The van der Waals surface area contributed by atoms with Crippen LogP contribution in [-0.4, -0.2) is 67.6 Å². The van der Waals surface area contributed by atoms with Crippen LogP contribution < -0.4 is 0 Å². The van der Waals surface area contributed by atoms with E-state index in [1.54, 1.807) is 6.33 Å². The quantitative estimate of drug-likeness (QED) is 0.561. The fourth-order valence-electron chi connectivity index (χ4n) is 3.46. The predicted molar refractivity (Wildman–Crippen MR) is 115 cm³/mol. The number of carbonyl (C=O) groups is 1. The van der Waals surface area contributed by atoms with Gasteiger partial charge in [-0.15, -0.1) is 10.2 Å². The highest BCUT2D eigenvalue weighted by Crippen LogP contribution is 2.22. The van der Waals surface area contributed by atoms with Gasteiger partial charge in [-0.05, 0) is 44.0 Å². The molecule has 1 fully saturated rings. The van der Waals surface area contributed by atoms with Crippen LogP contribution in [0, 0.1) is 20.8 Å². The van der Waals surface area contributed by atoms with Crippen molar-refractivity contribution in [1.29, 1.82) is 0 Å². The first-order chi connectivity index (χ1) is 14.5. The van der Waals surface area contributed by atoms with Gasteiger partial charge in [0.1, 0.15) is 6.33 Å². The van der Waals surface area contributed by atoms with E-state index in [4.69, 9.17) is 4.52 Å². The van der Waals surface area contributed by atoms with Gasteiger partial charge in [0.25, 0.3) is 0 Å². The first-order valence-corrected chi connectivity index (χ1v) is 11.0. The number of benzene rings is 1. The zero-order chi connectivity index (χ0) is 21.1. The minimum Gasteiger partial charge on any atom is -0.360 e. The van der Waals surface area contributed by atoms with Crippen LogP contribution in [0.4, 0.5) is 0 Å². The minimum atomic E-state index is 0.129. The molecular weight excluding hydrogens is 400 g/mol. The molecule has 1 saturated heterocycles. The predicted octanol–water partition coefficient (Wildman–Crippen LogP) is 2.62. The molecule has 9 heteroatoms. The molecule has 0 radical (unpaired) electrons. The molecule has 1 amide bonds. The Morgan fingerprint density at radius 2 is 1.90 bits per heavy atom. The van der Waals surface area contributed by atoms with Crippen LogP contribution in [0.2, 0.25) is 0 Å². The van der Waals surface area contributed by atoms with Gasteiger partial charge in [0.2, 0.25) is 5.91 Å². The van der Waals surface area contributed by atoms with Gasteiger partial charge in [-0.2, -0.15) is 0 Å². The van der Waals surface area contributed by atoms with Crippen molar-refractivity contribution >= 4 is 17.7 Å². The van der Waals surface area contributed by atoms with Crippen molar-refractivity contribution in [3.63, 3.8) is 0 Å². The number of piperazine rings is 1. The Balaban J connectivity index is 1.29. The summed E-state index contributed by atoms with van der Waals surface area (Å²) >= 11 is 1.43. The van der Waals surface area contributed by atoms with Crippen molar-refractivity contribution in [2.75, 3.05) is 31.9 Å². The molecule has 1 aromatic carbocycles. The largest absolute Gasteiger partial charge is 0.360 e. The average Bonchev–Trinajstić information content (AvgIpc) is 3.37. The molecule has 0 spiro atoms. The van der Waals surface area contributed by atoms with Gasteiger partial charge in [0.15, 0.2) is 10.9 Å². The third kappa shape index (κ3) is 4.73. The molecule has 3 heterocycles. The van der Waals surface area contributed by atoms with Crippen molar-refractivity contribution in [2.45, 2.75) is 32.5 Å². The molecular formula is C21H26N6O2S. The van der Waals surface area contributed by atoms with Crippen molar-refractivity contribution in [3.05, 3.63) is 53.2 Å². The fourth-order valence-corrected chi connectivity index (χ4v) is 4.29. The molecule has 8 nitrogen and oxygen atoms in total. The lowest BCUT2D eigenvalue weighted by Gasteiger charge is -2.34. The van der Waals surface area contributed by atoms with Crippen molar-refractivity contribution < 1.29 is 9.32 Å². The Morgan fingerprint density at radius 1 is 1.10 bits per heavy atom. The summed E-state index contributed by atoms with van der Waals surface area (Å²) < 4.78 is 7.22. The number of carbonyl (C=O) groups excluding carboxylic acids is 1. The van der Waals surface area contributed by atoms with E-state index in [1.807, 2.05) is 28.5 Å². The summed E-state index contributed by atoms with van der Waals surface area (Å²) in [4.78, 5) is 16.9. The van der Waals surface area contributed by atoms with Crippen LogP contribution in [0.1, 0.15) is 22.6 Å². The third-order valence-electron chi connectivity index (χ3n) is 5.39. The fraction of sp³-hybridized carbons (Fsp3) is 0.429. The SMILES string of the molecule is Cc1cc(CN2CCN(C(=O)CSc3nncn3-c3ccc(C)c(C)c3)CC2)on1. The van der Waals surface area contributed by atoms with Gasteiger partial charge in [0.05, 0.1) is 18.0 Å². The lowest BCUT2D eigenvalue weighted by molar-refractivity contribution is -0.130. The number of thioether (sulfide) groups is 1. The number of rotatable bonds is 6. The van der Waals surface area contributed by atoms with Gasteiger partial charge in [-0.1, -0.05) is 23.0 Å². The highest BCUT2D eigenvalue weighted by molar-refractivity contribution is 7.99. The van der Waals surface area contributed by atoms with E-state index in [2.05, 4.69) is 46.2 Å². The maximum Gasteiger partial charge on any atom is 0.233 e. The number of amides is 1. The Hall–Kier alpha value is -2.65. The highest BCUT2D eigenvalue weighted by atomic mass is 32.2. The summed E-state index contributed by atoms with van der Waals surface area (Å²) in [6.07, 6.45) is 1.70. The molecule has 0 bridgehead atoms. The molecule has 2 aromatic heterocycles. The molecule has 0 saturated carbocycles. The summed E-state index contributed by atoms with van der Waals surface area (Å²) in [5, 5.41) is 12.9. The molecule has 0 aliphatic carbocycles. The Bertz CT molecular complexity index is 1020. The Morgan fingerprint density at radius 3 is 2.60 bits per heavy atom. The lowest BCUT2D eigenvalue weighted by Crippen LogP contribution is -2.48. The van der Waals surface area contributed by atoms with Gasteiger partial charge < -0.3 is 9.42 Å². The lowest BCUT2D eigenvalue weighted by atomic mass is 10.1. The smallest absolute Gasteiger partial charge is 0.233 e. The highest BCUT2D eigenvalue weighted by Gasteiger charge is 2.22. The summed E-state index contributed by atoms with van der Waals surface area (Å²) in [5.41, 5.74) is 4.36. The van der Waals surface area contributed by atoms with Crippen molar-refractivity contribution in [2.24, 2.45) is 0 Å². The number of aromatic nitrogens is 4. The molecule has 0 unspecified atom stereocenters. The Kier molecular flexibility index (Phi) is 6.19. The molecule has 4 rings (SSSR count). The van der Waals surface area contributed by atoms with Gasteiger partial charge >= 0.3 is 0 Å². The average molecular weight is 427 g/mol. The molecule has 1 aliphatic heterocycles. The topological polar surface area (TPSA) is 80.3 Å². The van der Waals surface area contributed by atoms with Gasteiger partial charge in [0, 0.05) is 37.9 Å². The number of hydrogen-bond acceptors (Lipinski definition) is 7. The summed E-state index contributed by atoms with van der Waals surface area (Å²) in [7, 11) is 0. The van der Waals surface area contributed by atoms with Crippen LogP contribution in [0.15, 0.2) is 40.3 Å². The molecule has 1 aliphatic rings. The maximum absolute atomic E-state index is 12.7. The van der Waals surface area contributed by atoms with Crippen LogP contribution in [-0.2, 0) is 11.3 Å². The normalized spacial score (nSPS) is 15.0. The van der Waals surface area contributed by atoms with Crippen LogP contribution in [0.3, 0.4) is 0 Å². The zero-order valence-corrected chi connectivity index (χ0v) is 18.4. The van der Waals surface area contributed by atoms with Gasteiger partial charge in [-0.25, -0.2) is 0 Å². The monoisotopic (exact) mass is 426 g/mol. The first-order valence-electron chi connectivity index (χ1n) is 10.0. The number of hydrogen-bond donors (Lipinski definition) is 0. The molecule has 0 atom stereocenters. The molecule has 0 N–H and O–H groups in total. The van der Waals surface area contributed by atoms with Crippen molar-refractivity contribution in [1.82, 2.24) is 29.7 Å². The van der Waals surface area contributed by atoms with E-state index < -0.39 is 0 Å². The summed E-state index contributed by atoms with van der Waals surface area (Å²) in [6, 6.07) is 8.20. The molecule has 30 heavy (non-hydrogen) atoms. The standard InChI is InChI=1S/C21H26N6O2S/c1-15-4-5-18(10-16(15)2)27-14-22-23-21(27)30-13-20(28)26-8-6-25(7-9-26)12-19-11-17(3)24-29-19/h4-5,10-11,14H,6-9,12-13H2,1-3H3. The second kappa shape index (κ2) is 9.01. The second-order valence-electron chi connectivity index (χ2n) is 7.63. The third-order valence-corrected chi connectivity index (χ3v) is 6.32. The minimum absolute atomic E-state index is 0.129. The maximum atomic E-state index is 12.7. The van der Waals surface area contributed by atoms with Gasteiger partial charge in [-0.3, -0.25) is 14.3 Å². The van der Waals surface area contributed by atoms with E-state index in [0.29, 0.717) is 5.75 Å². The number of nitrogens with zero attached hydrogens (tertiary/aromatic N) is 6. The zero-order valence-electron chi connectivity index (χ0n) is 17.5. The van der Waals surface area contributed by atoms with E-state index in [1.165, 1.54) is 22.9 Å².